The standard InChI is InChI=1S/C59H90O27/c1-10-24(2)48(75)85-46-45(72)59(23-78-25(3)62)27(18-54(46,4)5)26-11-12-33-55(6)15-14-35(56(7,22-61)32(55)13-16-57(33,8)58(26,9)19-34(59)65)81-53-44(84-52-40(70)38(68)37(67)31(20-60)80-52)42(41(71)43(83-53)47(73)74)82-50-30(17-28(63)49(76)86-50)79-51-39(69)36(66)29(64)21-77-51/h10-11,22,27-46,49-53,60,63-72,76H,12-21,23H2,1-9H3,(H,73,74)/b24-10-/t27-,28+,29+,30+,31+,32+,33+,34+,35-,36-,37-,38-,39+,40+,41-,42-,43-,44+,45-,46-,49-,50+,51-,52-,53+,55-,56-,57+,58+,59-/m0/s1. The predicted octanol–water partition coefficient (Wildman–Crippen LogP) is -1.66. The maximum absolute atomic E-state index is 14.2. The number of aliphatic carboxylic acids is 1. The first-order valence-electron chi connectivity index (χ1n) is 29.9. The molecule has 0 spiro atoms. The van der Waals surface area contributed by atoms with Crippen LogP contribution in [0.2, 0.25) is 0 Å². The molecule has 4 heterocycles. The summed E-state index contributed by atoms with van der Waals surface area (Å²) < 4.78 is 59.9. The Balaban J connectivity index is 1.05. The zero-order chi connectivity index (χ0) is 63.3. The third kappa shape index (κ3) is 11.1. The third-order valence-electron chi connectivity index (χ3n) is 22.2. The van der Waals surface area contributed by atoms with Crippen LogP contribution in [0.3, 0.4) is 0 Å². The SMILES string of the molecule is C/C=C(/C)C(=O)O[C@H]1[C@H](O)[C@]2(COC(C)=O)[C@H](O)C[C@]3(C)C(=CC[C@@H]4[C@@]5(C)CC[C@H](O[C@@H]6O[C@H](C(=O)O)[C@@H](O)[C@H](O[C@@H]7O[C@H](O)[C@H](O)C[C@H]7O[C@@H]7OC[C@@H](O)[C@H](O)[C@H]7O)[C@H]6O[C@@H]6O[C@H](CO)[C@H](O)[C@H](O)[C@H]6O)[C@@](C)(C=O)[C@@H]5CC[C@]43C)[C@@H]2CC1(C)C. The molecule has 86 heavy (non-hydrogen) atoms. The van der Waals surface area contributed by atoms with E-state index >= 15 is 0 Å². The Bertz CT molecular complexity index is 2550. The highest BCUT2D eigenvalue weighted by Gasteiger charge is 2.74. The van der Waals surface area contributed by atoms with Gasteiger partial charge >= 0.3 is 17.9 Å². The average molecular weight is 1230 g/mol. The number of rotatable bonds is 15. The second kappa shape index (κ2) is 24.8. The van der Waals surface area contributed by atoms with Crippen molar-refractivity contribution in [3.63, 3.8) is 0 Å². The molecule has 9 aliphatic rings. The number of aliphatic hydroxyl groups is 12. The number of carboxylic acids is 1. The molecule has 4 aliphatic heterocycles. The molecule has 9 rings (SSSR count). The van der Waals surface area contributed by atoms with Gasteiger partial charge in [0, 0.05) is 24.3 Å². The van der Waals surface area contributed by atoms with Crippen LogP contribution >= 0.6 is 0 Å². The molecule has 13 N–H and O–H groups in total. The first-order chi connectivity index (χ1) is 40.2. The van der Waals surface area contributed by atoms with Gasteiger partial charge in [-0.15, -0.1) is 0 Å². The summed E-state index contributed by atoms with van der Waals surface area (Å²) >= 11 is 0. The Kier molecular flexibility index (Phi) is 19.3. The molecule has 0 aromatic heterocycles. The molecule has 27 nitrogen and oxygen atoms in total. The smallest absolute Gasteiger partial charge is 0.335 e. The summed E-state index contributed by atoms with van der Waals surface area (Å²) in [6, 6.07) is 0. The topological polar surface area (TPSA) is 424 Å². The van der Waals surface area contributed by atoms with Crippen LogP contribution in [0.25, 0.3) is 0 Å². The fraction of sp³-hybridized carbons (Fsp3) is 0.864. The quantitative estimate of drug-likeness (QED) is 0.0287. The Morgan fingerprint density at radius 2 is 1.40 bits per heavy atom. The number of carbonyl (C=O) groups excluding carboxylic acids is 3. The van der Waals surface area contributed by atoms with Crippen molar-refractivity contribution in [2.45, 2.75) is 249 Å². The van der Waals surface area contributed by atoms with Crippen LogP contribution in [0.5, 0.6) is 0 Å². The van der Waals surface area contributed by atoms with Crippen molar-refractivity contribution in [1.29, 1.82) is 0 Å². The van der Waals surface area contributed by atoms with E-state index in [-0.39, 0.29) is 25.4 Å². The normalized spacial score (nSPS) is 51.1. The molecule has 0 unspecified atom stereocenters. The number of hydrogen-bond donors (Lipinski definition) is 13. The number of carboxylic acid groups (broad SMARTS) is 1. The van der Waals surface area contributed by atoms with Crippen LogP contribution in [0.4, 0.5) is 0 Å². The van der Waals surface area contributed by atoms with E-state index in [4.69, 9.17) is 47.4 Å². The summed E-state index contributed by atoms with van der Waals surface area (Å²) in [6.45, 7) is 14.8. The van der Waals surface area contributed by atoms with E-state index in [2.05, 4.69) is 26.8 Å². The minimum Gasteiger partial charge on any atom is -0.479 e. The fourth-order valence-electron chi connectivity index (χ4n) is 16.9. The van der Waals surface area contributed by atoms with Crippen molar-refractivity contribution in [3.8, 4) is 0 Å². The van der Waals surface area contributed by atoms with Crippen LogP contribution in [0, 0.1) is 50.2 Å². The van der Waals surface area contributed by atoms with E-state index in [1.807, 2.05) is 13.8 Å². The monoisotopic (exact) mass is 1230 g/mol. The van der Waals surface area contributed by atoms with Crippen LogP contribution in [-0.4, -0.2) is 246 Å². The number of fused-ring (bicyclic) bond motifs is 7. The van der Waals surface area contributed by atoms with Gasteiger partial charge in [-0.2, -0.15) is 0 Å². The molecular weight excluding hydrogens is 1140 g/mol. The number of hydrogen-bond acceptors (Lipinski definition) is 26. The van der Waals surface area contributed by atoms with Crippen molar-refractivity contribution in [1.82, 2.24) is 0 Å². The van der Waals surface area contributed by atoms with E-state index < -0.39 is 217 Å². The molecule has 8 fully saturated rings. The lowest BCUT2D eigenvalue weighted by Gasteiger charge is -2.72. The van der Waals surface area contributed by atoms with Crippen molar-refractivity contribution in [2.75, 3.05) is 19.8 Å². The second-order valence-electron chi connectivity index (χ2n) is 27.3. The van der Waals surface area contributed by atoms with Gasteiger partial charge in [0.05, 0.1) is 36.3 Å². The van der Waals surface area contributed by atoms with Crippen molar-refractivity contribution >= 4 is 24.2 Å². The summed E-state index contributed by atoms with van der Waals surface area (Å²) in [5.41, 5.74) is -4.42. The molecule has 0 bridgehead atoms. The molecule has 30 atom stereocenters. The zero-order valence-corrected chi connectivity index (χ0v) is 50.0. The van der Waals surface area contributed by atoms with Gasteiger partial charge in [0.25, 0.3) is 0 Å². The molecular formula is C59H90O27. The predicted molar refractivity (Wildman–Crippen MR) is 288 cm³/mol. The van der Waals surface area contributed by atoms with Crippen LogP contribution in [0.15, 0.2) is 23.3 Å². The van der Waals surface area contributed by atoms with Crippen LogP contribution in [-0.2, 0) is 66.5 Å². The molecule has 4 saturated carbocycles. The minimum atomic E-state index is -2.28. The Morgan fingerprint density at radius 3 is 2.03 bits per heavy atom. The lowest BCUT2D eigenvalue weighted by Crippen LogP contribution is -2.72. The van der Waals surface area contributed by atoms with Crippen LogP contribution in [0.1, 0.15) is 114 Å². The highest BCUT2D eigenvalue weighted by molar-refractivity contribution is 5.87. The van der Waals surface area contributed by atoms with Gasteiger partial charge in [0.1, 0.15) is 98.3 Å². The maximum atomic E-state index is 14.2. The van der Waals surface area contributed by atoms with E-state index in [0.717, 1.165) is 11.9 Å². The summed E-state index contributed by atoms with van der Waals surface area (Å²) in [6.07, 6.45) is -32.8. The Hall–Kier alpha value is -3.24. The van der Waals surface area contributed by atoms with Crippen molar-refractivity contribution in [3.05, 3.63) is 23.3 Å². The van der Waals surface area contributed by atoms with Gasteiger partial charge in [-0.25, -0.2) is 9.59 Å². The van der Waals surface area contributed by atoms with Gasteiger partial charge in [0.2, 0.25) is 0 Å². The van der Waals surface area contributed by atoms with Gasteiger partial charge in [-0.05, 0) is 92.8 Å². The number of esters is 2. The number of aliphatic hydroxyl groups excluding tert-OH is 12. The van der Waals surface area contributed by atoms with Crippen molar-refractivity contribution < 1.29 is 133 Å². The lowest BCUT2D eigenvalue weighted by molar-refractivity contribution is -0.405. The number of ether oxygens (including phenoxy) is 10. The molecule has 0 radical (unpaired) electrons. The minimum absolute atomic E-state index is 0.112. The van der Waals surface area contributed by atoms with Crippen molar-refractivity contribution in [2.24, 2.45) is 50.2 Å². The van der Waals surface area contributed by atoms with E-state index in [1.54, 1.807) is 26.8 Å². The number of allylic oxidation sites excluding steroid dienone is 3. The summed E-state index contributed by atoms with van der Waals surface area (Å²) in [5, 5.41) is 144. The first kappa shape index (κ1) is 67.2. The van der Waals surface area contributed by atoms with Gasteiger partial charge in [-0.3, -0.25) is 4.79 Å². The second-order valence-corrected chi connectivity index (χ2v) is 27.3. The fourth-order valence-corrected chi connectivity index (χ4v) is 16.9. The molecule has 27 heteroatoms. The molecule has 0 aromatic carbocycles. The molecule has 0 amide bonds. The van der Waals surface area contributed by atoms with Gasteiger partial charge in [-0.1, -0.05) is 59.3 Å². The lowest BCUT2D eigenvalue weighted by atomic mass is 9.33. The average Bonchev–Trinajstić information content (AvgIpc) is 0.686. The molecule has 0 aromatic rings. The molecule has 488 valence electrons. The van der Waals surface area contributed by atoms with E-state index in [0.29, 0.717) is 37.7 Å². The summed E-state index contributed by atoms with van der Waals surface area (Å²) in [5.74, 6) is -4.18. The van der Waals surface area contributed by atoms with E-state index in [9.17, 15) is 85.6 Å². The highest BCUT2D eigenvalue weighted by Crippen LogP contribution is 2.76. The van der Waals surface area contributed by atoms with Gasteiger partial charge < -0.3 is 119 Å². The zero-order valence-electron chi connectivity index (χ0n) is 50.0. The summed E-state index contributed by atoms with van der Waals surface area (Å²) in [4.78, 5) is 53.3. The Morgan fingerprint density at radius 1 is 0.721 bits per heavy atom. The van der Waals surface area contributed by atoms with Gasteiger partial charge in [0.15, 0.2) is 37.6 Å². The van der Waals surface area contributed by atoms with E-state index in [1.165, 1.54) is 6.92 Å². The molecule has 5 aliphatic carbocycles. The maximum Gasteiger partial charge on any atom is 0.335 e. The summed E-state index contributed by atoms with van der Waals surface area (Å²) in [7, 11) is 0. The first-order valence-corrected chi connectivity index (χ1v) is 29.9. The highest BCUT2D eigenvalue weighted by atomic mass is 16.8. The largest absolute Gasteiger partial charge is 0.479 e. The Labute approximate surface area is 498 Å². The number of aldehydes is 1. The third-order valence-corrected chi connectivity index (χ3v) is 22.2. The van der Waals surface area contributed by atoms with Crippen LogP contribution < -0.4 is 0 Å². The number of carbonyl (C=O) groups is 4. The molecule has 4 saturated heterocycles.